The number of ether oxygens (including phenoxy) is 3. The minimum atomic E-state index is -0.970. The molecular formula is C54H72F4N6O11. The highest BCUT2D eigenvalue weighted by Crippen LogP contribution is 2.31. The number of nitrogens with zero attached hydrogens (tertiary/aromatic N) is 3. The van der Waals surface area contributed by atoms with Crippen LogP contribution >= 0.6 is 0 Å². The van der Waals surface area contributed by atoms with E-state index in [2.05, 4.69) is 16.0 Å². The molecule has 7 atom stereocenters. The molecule has 21 heteroatoms. The van der Waals surface area contributed by atoms with Crippen LogP contribution in [0.1, 0.15) is 125 Å². The lowest BCUT2D eigenvalue weighted by Gasteiger charge is -2.44. The number of carboxylic acids is 1. The first kappa shape index (κ1) is 59.4. The molecule has 0 spiro atoms. The molecule has 4 saturated heterocycles. The van der Waals surface area contributed by atoms with Gasteiger partial charge in [0.25, 0.3) is 11.8 Å². The van der Waals surface area contributed by atoms with Gasteiger partial charge in [0.2, 0.25) is 0 Å². The Bertz CT molecular complexity index is 2470. The number of carboxylic acid groups (broad SMARTS) is 1. The van der Waals surface area contributed by atoms with Gasteiger partial charge in [-0.15, -0.1) is 0 Å². The van der Waals surface area contributed by atoms with Crippen molar-refractivity contribution in [3.05, 3.63) is 106 Å². The number of cyclic esters (lactones) is 1. The number of carbonyl (C=O) groups excluding carboxylic acids is 5. The number of nitrogens with one attached hydrogen (secondary N) is 3. The third-order valence-electron chi connectivity index (χ3n) is 12.6. The number of alkyl carbamates (subject to hydrolysis) is 1. The fourth-order valence-electron chi connectivity index (χ4n) is 8.90. The smallest absolute Gasteiger partial charge is 0.411 e. The molecular weight excluding hydrogens is 985 g/mol. The summed E-state index contributed by atoms with van der Waals surface area (Å²) >= 11 is 0. The maximum atomic E-state index is 13.7. The fourth-order valence-corrected chi connectivity index (χ4v) is 8.90. The molecule has 4 aliphatic rings. The summed E-state index contributed by atoms with van der Waals surface area (Å²) in [5.41, 5.74) is 1.04. The van der Waals surface area contributed by atoms with Crippen molar-refractivity contribution in [3.8, 4) is 0 Å². The number of benzene rings is 3. The molecule has 7 rings (SSSR count). The average molecular weight is 1060 g/mol. The first-order chi connectivity index (χ1) is 35.1. The maximum Gasteiger partial charge on any atom is 0.411 e. The Morgan fingerprint density at radius 1 is 0.773 bits per heavy atom. The summed E-state index contributed by atoms with van der Waals surface area (Å²) in [5, 5.41) is 28.2. The van der Waals surface area contributed by atoms with Gasteiger partial charge in [0, 0.05) is 55.5 Å². The molecule has 3 aromatic rings. The van der Waals surface area contributed by atoms with Crippen LogP contribution in [0.15, 0.2) is 54.6 Å². The van der Waals surface area contributed by atoms with Crippen molar-refractivity contribution in [2.75, 3.05) is 32.7 Å². The van der Waals surface area contributed by atoms with Crippen LogP contribution in [-0.4, -0.2) is 147 Å². The summed E-state index contributed by atoms with van der Waals surface area (Å²) in [7, 11) is 0. The van der Waals surface area contributed by atoms with Crippen molar-refractivity contribution < 1.29 is 70.8 Å². The maximum absolute atomic E-state index is 13.7. The molecule has 0 saturated carbocycles. The van der Waals surface area contributed by atoms with Gasteiger partial charge in [-0.05, 0) is 159 Å². The van der Waals surface area contributed by atoms with Crippen LogP contribution < -0.4 is 16.0 Å². The van der Waals surface area contributed by atoms with Crippen molar-refractivity contribution in [1.82, 2.24) is 30.7 Å². The number of hydrogen-bond acceptors (Lipinski definition) is 11. The van der Waals surface area contributed by atoms with E-state index in [-0.39, 0.29) is 30.8 Å². The van der Waals surface area contributed by atoms with E-state index < -0.39 is 95.0 Å². The molecule has 0 aromatic heterocycles. The molecule has 75 heavy (non-hydrogen) atoms. The normalized spacial score (nSPS) is 20.6. The van der Waals surface area contributed by atoms with Crippen LogP contribution in [0, 0.1) is 30.2 Å². The number of aliphatic carboxylic acids is 1. The van der Waals surface area contributed by atoms with E-state index in [1.165, 1.54) is 34.1 Å². The summed E-state index contributed by atoms with van der Waals surface area (Å²) < 4.78 is 70.1. The molecule has 412 valence electrons. The molecule has 4 aliphatic heterocycles. The van der Waals surface area contributed by atoms with E-state index in [1.54, 1.807) is 64.6 Å². The number of likely N-dealkylation sites (tertiary alicyclic amines) is 2. The first-order valence-corrected chi connectivity index (χ1v) is 25.4. The Morgan fingerprint density at radius 2 is 1.29 bits per heavy atom. The number of hydrogen-bond donors (Lipinski definition) is 5. The predicted octanol–water partition coefficient (Wildman–Crippen LogP) is 7.67. The number of rotatable bonds is 15. The second-order valence-corrected chi connectivity index (χ2v) is 21.2. The van der Waals surface area contributed by atoms with Gasteiger partial charge in [0.1, 0.15) is 46.6 Å². The molecule has 4 heterocycles. The zero-order valence-corrected chi connectivity index (χ0v) is 44.1. The quantitative estimate of drug-likeness (QED) is 0.0732. The first-order valence-electron chi connectivity index (χ1n) is 25.4. The van der Waals surface area contributed by atoms with Crippen LogP contribution in [-0.2, 0) is 31.8 Å². The highest BCUT2D eigenvalue weighted by Gasteiger charge is 2.48. The van der Waals surface area contributed by atoms with E-state index in [4.69, 9.17) is 19.3 Å². The Balaban J connectivity index is 0.000000227. The van der Waals surface area contributed by atoms with Crippen LogP contribution in [0.2, 0.25) is 0 Å². The summed E-state index contributed by atoms with van der Waals surface area (Å²) in [6.45, 7) is 19.4. The van der Waals surface area contributed by atoms with E-state index in [1.807, 2.05) is 20.8 Å². The summed E-state index contributed by atoms with van der Waals surface area (Å²) in [6.07, 6.45) is 0.657. The third-order valence-corrected chi connectivity index (χ3v) is 12.6. The topological polar surface area (TPSA) is 216 Å². The Hall–Kier alpha value is -6.48. The Kier molecular flexibility index (Phi) is 20.5. The van der Waals surface area contributed by atoms with Gasteiger partial charge < -0.3 is 50.2 Å². The molecule has 17 nitrogen and oxygen atoms in total. The second-order valence-electron chi connectivity index (χ2n) is 21.2. The van der Waals surface area contributed by atoms with Crippen molar-refractivity contribution in [2.24, 2.45) is 0 Å². The fraction of sp³-hybridized carbons (Fsp3) is 0.556. The monoisotopic (exact) mass is 1060 g/mol. The van der Waals surface area contributed by atoms with E-state index >= 15 is 0 Å². The predicted molar refractivity (Wildman–Crippen MR) is 269 cm³/mol. The van der Waals surface area contributed by atoms with Gasteiger partial charge in [-0.25, -0.2) is 36.7 Å². The zero-order chi connectivity index (χ0) is 55.5. The lowest BCUT2D eigenvalue weighted by Crippen LogP contribution is -2.60. The van der Waals surface area contributed by atoms with Gasteiger partial charge in [0.15, 0.2) is 0 Å². The van der Waals surface area contributed by atoms with Crippen molar-refractivity contribution in [3.63, 3.8) is 0 Å². The SMILES string of the molecule is CC(C)(C)OC(=O)N1CC[C@@H]1C(=O)O.CC(C)(C)OC(=O)N1CC[C@@H]1[C@H]1OC(=O)N[C@H]1Cc1cc(F)cc(F)c1.CCCN(CCC)C(=O)c1cc(C)cc(C(=O)N[C@@H](Cc2cc(F)cc(F)c2)[C@H](O)[C@H]2CCN2)c1. The van der Waals surface area contributed by atoms with Crippen molar-refractivity contribution in [1.29, 1.82) is 0 Å². The van der Waals surface area contributed by atoms with E-state index in [0.717, 1.165) is 43.5 Å². The average Bonchev–Trinajstić information content (AvgIpc) is 3.57. The number of aliphatic hydroxyl groups excluding tert-OH is 1. The molecule has 0 radical (unpaired) electrons. The molecule has 5 N–H and O–H groups in total. The molecule has 0 aliphatic carbocycles. The van der Waals surface area contributed by atoms with Gasteiger partial charge >= 0.3 is 24.2 Å². The van der Waals surface area contributed by atoms with E-state index in [9.17, 15) is 51.4 Å². The van der Waals surface area contributed by atoms with Crippen molar-refractivity contribution in [2.45, 2.75) is 161 Å². The minimum absolute atomic E-state index is 0.0537. The largest absolute Gasteiger partial charge is 0.480 e. The standard InChI is InChI=1S/C27H35F2N3O3.C18H22F2N2O4.C9H15NO4/c1-4-8-32(9-5-2)27(35)20-11-17(3)10-19(15-20)26(34)31-24(25(33)23-6-7-30-23)14-18-12-21(28)16-22(29)13-18;1-18(2,3)26-17(24)22-5-4-14(22)15-13(21-16(23)25-15)8-10-6-11(19)9-12(20)7-10;1-9(2,3)14-8(13)10-5-4-6(10)7(11)12/h10-13,15-16,23-25,30,33H,4-9,14H2,1-3H3,(H,31,34);6-7,9,13-15H,4-5,8H2,1-3H3,(H,21,23);6H,4-5H2,1-3H3,(H,11,12)/t23-,24+,25-;13-,14+,15-;6-/m101/s1. The summed E-state index contributed by atoms with van der Waals surface area (Å²) in [5.74, 6) is -4.35. The lowest BCUT2D eigenvalue weighted by molar-refractivity contribution is -0.147. The number of carbonyl (C=O) groups is 6. The highest BCUT2D eigenvalue weighted by atomic mass is 19.1. The van der Waals surface area contributed by atoms with Crippen LogP contribution in [0.4, 0.5) is 31.9 Å². The second kappa shape index (κ2) is 25.8. The Labute approximate surface area is 435 Å². The van der Waals surface area contributed by atoms with Gasteiger partial charge in [-0.2, -0.15) is 0 Å². The number of amides is 5. The number of aliphatic hydroxyl groups is 1. The van der Waals surface area contributed by atoms with Gasteiger partial charge in [0.05, 0.1) is 24.2 Å². The minimum Gasteiger partial charge on any atom is -0.480 e. The van der Waals surface area contributed by atoms with Crippen molar-refractivity contribution >= 4 is 36.1 Å². The molecule has 3 aromatic carbocycles. The highest BCUT2D eigenvalue weighted by molar-refractivity contribution is 6.00. The van der Waals surface area contributed by atoms with Crippen LogP contribution in [0.5, 0.6) is 0 Å². The molecule has 4 fully saturated rings. The van der Waals surface area contributed by atoms with Gasteiger partial charge in [-0.1, -0.05) is 13.8 Å². The van der Waals surface area contributed by atoms with E-state index in [0.29, 0.717) is 61.3 Å². The van der Waals surface area contributed by atoms with Crippen LogP contribution in [0.25, 0.3) is 0 Å². The van der Waals surface area contributed by atoms with Gasteiger partial charge in [-0.3, -0.25) is 14.5 Å². The lowest BCUT2D eigenvalue weighted by atomic mass is 9.90. The molecule has 0 bridgehead atoms. The summed E-state index contributed by atoms with van der Waals surface area (Å²) in [6, 6.07) is 8.90. The molecule has 0 unspecified atom stereocenters. The number of aryl methyl sites for hydroxylation is 1. The number of halogens is 4. The Morgan fingerprint density at radius 3 is 1.75 bits per heavy atom. The molecule has 5 amide bonds. The summed E-state index contributed by atoms with van der Waals surface area (Å²) in [4.78, 5) is 76.9. The third kappa shape index (κ3) is 17.3. The zero-order valence-electron chi connectivity index (χ0n) is 44.1. The van der Waals surface area contributed by atoms with Crippen LogP contribution in [0.3, 0.4) is 0 Å².